The SMILES string of the molecule is CCc1cccc(NC(N)=NCc2ccc(Oc3cccnc3)c(F)c2)c1.I. The second kappa shape index (κ2) is 10.6. The monoisotopic (exact) mass is 492 g/mol. The number of anilines is 1. The van der Waals surface area contributed by atoms with Crippen LogP contribution in [0.3, 0.4) is 0 Å². The van der Waals surface area contributed by atoms with E-state index in [9.17, 15) is 4.39 Å². The number of hydrogen-bond donors (Lipinski definition) is 2. The topological polar surface area (TPSA) is 72.5 Å². The van der Waals surface area contributed by atoms with Crippen molar-refractivity contribution in [3.63, 3.8) is 0 Å². The molecule has 0 aliphatic carbocycles. The van der Waals surface area contributed by atoms with Crippen LogP contribution >= 0.6 is 24.0 Å². The molecule has 0 bridgehead atoms. The highest BCUT2D eigenvalue weighted by molar-refractivity contribution is 14.0. The Balaban J connectivity index is 0.00000280. The van der Waals surface area contributed by atoms with E-state index in [1.165, 1.54) is 17.8 Å². The van der Waals surface area contributed by atoms with E-state index in [0.29, 0.717) is 11.3 Å². The van der Waals surface area contributed by atoms with Gasteiger partial charge in [0.25, 0.3) is 0 Å². The first-order chi connectivity index (χ1) is 13.1. The molecule has 0 unspecified atom stereocenters. The summed E-state index contributed by atoms with van der Waals surface area (Å²) in [6.07, 6.45) is 4.10. The fourth-order valence-electron chi connectivity index (χ4n) is 2.49. The minimum absolute atomic E-state index is 0. The van der Waals surface area contributed by atoms with Gasteiger partial charge in [-0.25, -0.2) is 9.38 Å². The minimum atomic E-state index is -0.464. The van der Waals surface area contributed by atoms with Crippen molar-refractivity contribution in [1.82, 2.24) is 4.98 Å². The summed E-state index contributed by atoms with van der Waals surface area (Å²) in [7, 11) is 0. The third-order valence-corrected chi connectivity index (χ3v) is 3.90. The third-order valence-electron chi connectivity index (χ3n) is 3.90. The summed E-state index contributed by atoms with van der Waals surface area (Å²) in [6, 6.07) is 16.1. The van der Waals surface area contributed by atoms with Crippen LogP contribution in [0.4, 0.5) is 10.1 Å². The van der Waals surface area contributed by atoms with Crippen LogP contribution in [0.1, 0.15) is 18.1 Å². The van der Waals surface area contributed by atoms with Crippen molar-refractivity contribution < 1.29 is 9.13 Å². The smallest absolute Gasteiger partial charge is 0.193 e. The molecule has 1 heterocycles. The molecule has 3 rings (SSSR count). The van der Waals surface area contributed by atoms with Crippen LogP contribution in [0.25, 0.3) is 0 Å². The highest BCUT2D eigenvalue weighted by Crippen LogP contribution is 2.24. The van der Waals surface area contributed by atoms with Crippen LogP contribution in [0, 0.1) is 5.82 Å². The molecule has 5 nitrogen and oxygen atoms in total. The van der Waals surface area contributed by atoms with Gasteiger partial charge in [0.15, 0.2) is 17.5 Å². The van der Waals surface area contributed by atoms with E-state index in [4.69, 9.17) is 10.5 Å². The second-order valence-electron chi connectivity index (χ2n) is 5.94. The number of guanidine groups is 1. The van der Waals surface area contributed by atoms with E-state index in [1.54, 1.807) is 30.5 Å². The maximum Gasteiger partial charge on any atom is 0.193 e. The lowest BCUT2D eigenvalue weighted by Gasteiger charge is -2.08. The van der Waals surface area contributed by atoms with Crippen LogP contribution in [0.2, 0.25) is 0 Å². The van der Waals surface area contributed by atoms with Crippen LogP contribution in [-0.4, -0.2) is 10.9 Å². The predicted molar refractivity (Wildman–Crippen MR) is 121 cm³/mol. The summed E-state index contributed by atoms with van der Waals surface area (Å²) in [5, 5.41) is 3.05. The molecule has 0 fully saturated rings. The Morgan fingerprint density at radius 3 is 2.71 bits per heavy atom. The van der Waals surface area contributed by atoms with Crippen molar-refractivity contribution in [3.8, 4) is 11.5 Å². The van der Waals surface area contributed by atoms with Crippen molar-refractivity contribution in [2.75, 3.05) is 5.32 Å². The molecule has 0 aliphatic heterocycles. The van der Waals surface area contributed by atoms with Gasteiger partial charge in [0.1, 0.15) is 5.75 Å². The number of aliphatic imine (C=N–C) groups is 1. The molecule has 0 saturated heterocycles. The number of pyridine rings is 1. The van der Waals surface area contributed by atoms with Gasteiger partial charge < -0.3 is 15.8 Å². The first-order valence-corrected chi connectivity index (χ1v) is 8.66. The maximum absolute atomic E-state index is 14.2. The lowest BCUT2D eigenvalue weighted by Crippen LogP contribution is -2.22. The van der Waals surface area contributed by atoms with Gasteiger partial charge in [-0.2, -0.15) is 0 Å². The summed E-state index contributed by atoms with van der Waals surface area (Å²) in [5.41, 5.74) is 8.71. The number of aryl methyl sites for hydroxylation is 1. The van der Waals surface area contributed by atoms with Crippen molar-refractivity contribution >= 4 is 35.6 Å². The van der Waals surface area contributed by atoms with E-state index >= 15 is 0 Å². The van der Waals surface area contributed by atoms with E-state index < -0.39 is 5.82 Å². The summed E-state index contributed by atoms with van der Waals surface area (Å²) in [4.78, 5) is 8.20. The lowest BCUT2D eigenvalue weighted by molar-refractivity contribution is 0.440. The van der Waals surface area contributed by atoms with Crippen molar-refractivity contribution in [3.05, 3.63) is 83.9 Å². The molecule has 0 amide bonds. The fourth-order valence-corrected chi connectivity index (χ4v) is 2.49. The van der Waals surface area contributed by atoms with Gasteiger partial charge in [0.05, 0.1) is 12.7 Å². The number of aromatic nitrogens is 1. The van der Waals surface area contributed by atoms with Gasteiger partial charge in [-0.1, -0.05) is 25.1 Å². The summed E-state index contributed by atoms with van der Waals surface area (Å²) < 4.78 is 19.7. The number of nitrogens with two attached hydrogens (primary N) is 1. The van der Waals surface area contributed by atoms with Crippen LogP contribution in [0.15, 0.2) is 72.0 Å². The second-order valence-corrected chi connectivity index (χ2v) is 5.94. The van der Waals surface area contributed by atoms with Crippen molar-refractivity contribution in [1.29, 1.82) is 0 Å². The van der Waals surface area contributed by atoms with Crippen molar-refractivity contribution in [2.45, 2.75) is 19.9 Å². The van der Waals surface area contributed by atoms with E-state index in [1.807, 2.05) is 18.2 Å². The molecule has 2 aromatic carbocycles. The first kappa shape index (κ1) is 21.6. The number of benzene rings is 2. The highest BCUT2D eigenvalue weighted by Gasteiger charge is 2.06. The molecular weight excluding hydrogens is 470 g/mol. The largest absolute Gasteiger partial charge is 0.453 e. The molecule has 28 heavy (non-hydrogen) atoms. The summed E-state index contributed by atoms with van der Waals surface area (Å²) in [5.74, 6) is 0.427. The Kier molecular flexibility index (Phi) is 8.19. The molecule has 0 spiro atoms. The normalized spacial score (nSPS) is 10.9. The molecule has 146 valence electrons. The quantitative estimate of drug-likeness (QED) is 0.285. The lowest BCUT2D eigenvalue weighted by atomic mass is 10.1. The number of hydrogen-bond acceptors (Lipinski definition) is 3. The van der Waals surface area contributed by atoms with Gasteiger partial charge >= 0.3 is 0 Å². The molecule has 0 saturated carbocycles. The zero-order valence-corrected chi connectivity index (χ0v) is 17.8. The average molecular weight is 492 g/mol. The van der Waals surface area contributed by atoms with Gasteiger partial charge in [-0.3, -0.25) is 4.98 Å². The first-order valence-electron chi connectivity index (χ1n) is 8.66. The van der Waals surface area contributed by atoms with E-state index in [2.05, 4.69) is 28.3 Å². The molecule has 3 aromatic rings. The van der Waals surface area contributed by atoms with E-state index in [0.717, 1.165) is 12.1 Å². The number of nitrogens with one attached hydrogen (secondary N) is 1. The Labute approximate surface area is 180 Å². The van der Waals surface area contributed by atoms with E-state index in [-0.39, 0.29) is 42.2 Å². The van der Waals surface area contributed by atoms with Crippen LogP contribution < -0.4 is 15.8 Å². The standard InChI is InChI=1S/C21H21FN4O.HI/c1-2-15-5-3-6-17(11-15)26-21(23)25-13-16-8-9-20(19(22)12-16)27-18-7-4-10-24-14-18;/h3-12,14H,2,13H2,1H3,(H3,23,25,26);1H. The summed E-state index contributed by atoms with van der Waals surface area (Å²) in [6.45, 7) is 2.35. The molecule has 0 atom stereocenters. The minimum Gasteiger partial charge on any atom is -0.453 e. The Morgan fingerprint density at radius 2 is 2.00 bits per heavy atom. The number of nitrogens with zero attached hydrogens (tertiary/aromatic N) is 2. The third kappa shape index (κ3) is 6.19. The van der Waals surface area contributed by atoms with Gasteiger partial charge in [0, 0.05) is 11.9 Å². The fraction of sp³-hybridized carbons (Fsp3) is 0.143. The molecule has 1 aromatic heterocycles. The van der Waals surface area contributed by atoms with Crippen molar-refractivity contribution in [2.24, 2.45) is 10.7 Å². The van der Waals surface area contributed by atoms with Gasteiger partial charge in [0.2, 0.25) is 0 Å². The Hall–Kier alpha value is -2.68. The number of rotatable bonds is 6. The zero-order valence-electron chi connectivity index (χ0n) is 15.4. The molecule has 7 heteroatoms. The van der Waals surface area contributed by atoms with Crippen LogP contribution in [0.5, 0.6) is 11.5 Å². The maximum atomic E-state index is 14.2. The molecule has 0 radical (unpaired) electrons. The zero-order chi connectivity index (χ0) is 19.1. The molecule has 0 aliphatic rings. The number of ether oxygens (including phenoxy) is 1. The Bertz CT molecular complexity index is 935. The van der Waals surface area contributed by atoms with Gasteiger partial charge in [-0.15, -0.1) is 24.0 Å². The summed E-state index contributed by atoms with van der Waals surface area (Å²) >= 11 is 0. The Morgan fingerprint density at radius 1 is 1.14 bits per heavy atom. The number of halogens is 2. The average Bonchev–Trinajstić information content (AvgIpc) is 2.69. The highest BCUT2D eigenvalue weighted by atomic mass is 127. The molecular formula is C21H22FIN4O. The molecule has 3 N–H and O–H groups in total. The predicted octanol–water partition coefficient (Wildman–Crippen LogP) is 5.12. The van der Waals surface area contributed by atoms with Crippen LogP contribution in [-0.2, 0) is 13.0 Å². The van der Waals surface area contributed by atoms with Gasteiger partial charge in [-0.05, 0) is 53.9 Å².